The van der Waals surface area contributed by atoms with Gasteiger partial charge in [0.1, 0.15) is 17.2 Å². The topological polar surface area (TPSA) is 54.4 Å². The number of Topliss-reactive ketones (excluding diaryl/α,β-unsaturated/α-hetero) is 2. The molecule has 0 fully saturated rings. The largest absolute Gasteiger partial charge is 0.380 e. The highest BCUT2D eigenvalue weighted by Crippen LogP contribution is 2.37. The molecule has 0 aliphatic heterocycles. The normalized spacial score (nSPS) is 11.6. The van der Waals surface area contributed by atoms with Gasteiger partial charge in [0.2, 0.25) is 0 Å². The van der Waals surface area contributed by atoms with Gasteiger partial charge in [-0.25, -0.2) is 0 Å². The maximum absolute atomic E-state index is 11.9. The van der Waals surface area contributed by atoms with E-state index in [1.807, 2.05) is 62.4 Å². The van der Waals surface area contributed by atoms with Gasteiger partial charge in [0.25, 0.3) is 0 Å². The fraction of sp³-hybridized carbons (Fsp3) is 0.333. The van der Waals surface area contributed by atoms with Crippen molar-refractivity contribution >= 4 is 11.6 Å². The van der Waals surface area contributed by atoms with Gasteiger partial charge in [0.05, 0.1) is 5.92 Å². The van der Waals surface area contributed by atoms with E-state index in [1.54, 1.807) is 0 Å². The number of benzene rings is 2. The van der Waals surface area contributed by atoms with E-state index in [4.69, 9.17) is 0 Å². The molecule has 0 atom stereocenters. The molecular weight excluding hydrogens is 300 g/mol. The van der Waals surface area contributed by atoms with Crippen LogP contribution >= 0.6 is 0 Å². The summed E-state index contributed by atoms with van der Waals surface area (Å²) in [6.07, 6.45) is 0.0462. The Kier molecular flexibility index (Phi) is 5.35. The number of carbonyl (C=O) groups is 2. The van der Waals surface area contributed by atoms with E-state index in [0.29, 0.717) is 11.1 Å². The molecule has 2 aromatic carbocycles. The van der Waals surface area contributed by atoms with Crippen molar-refractivity contribution < 1.29 is 14.7 Å². The van der Waals surface area contributed by atoms with Crippen LogP contribution < -0.4 is 0 Å². The Balaban J connectivity index is 2.61. The van der Waals surface area contributed by atoms with Crippen LogP contribution in [0.4, 0.5) is 0 Å². The van der Waals surface area contributed by atoms with Crippen LogP contribution in [-0.2, 0) is 15.2 Å². The number of aryl methyl sites for hydroxylation is 2. The first-order valence-electron chi connectivity index (χ1n) is 8.11. The molecule has 0 bridgehead atoms. The number of hydrogen-bond donors (Lipinski definition) is 1. The van der Waals surface area contributed by atoms with Crippen molar-refractivity contribution in [3.63, 3.8) is 0 Å². The van der Waals surface area contributed by atoms with E-state index in [0.717, 1.165) is 11.1 Å². The van der Waals surface area contributed by atoms with Crippen LogP contribution in [0.3, 0.4) is 0 Å². The van der Waals surface area contributed by atoms with Crippen LogP contribution in [0.2, 0.25) is 0 Å². The highest BCUT2D eigenvalue weighted by atomic mass is 16.3. The van der Waals surface area contributed by atoms with Crippen LogP contribution in [0.1, 0.15) is 42.5 Å². The summed E-state index contributed by atoms with van der Waals surface area (Å²) in [6.45, 7) is 6.71. The van der Waals surface area contributed by atoms with Crippen molar-refractivity contribution in [2.45, 2.75) is 39.7 Å². The van der Waals surface area contributed by atoms with Crippen molar-refractivity contribution in [2.24, 2.45) is 5.92 Å². The molecule has 0 aliphatic rings. The first kappa shape index (κ1) is 18.1. The molecule has 126 valence electrons. The van der Waals surface area contributed by atoms with E-state index in [-0.39, 0.29) is 18.0 Å². The molecule has 0 aromatic heterocycles. The van der Waals surface area contributed by atoms with Gasteiger partial charge < -0.3 is 5.11 Å². The summed E-state index contributed by atoms with van der Waals surface area (Å²) in [6, 6.07) is 15.1. The predicted octanol–water partition coefficient (Wildman–Crippen LogP) is 3.72. The average molecular weight is 324 g/mol. The molecule has 2 aromatic rings. The molecule has 3 heteroatoms. The summed E-state index contributed by atoms with van der Waals surface area (Å²) >= 11 is 0. The highest BCUT2D eigenvalue weighted by molar-refractivity contribution is 6.00. The molecule has 0 aliphatic carbocycles. The second-order valence-electron chi connectivity index (χ2n) is 6.58. The van der Waals surface area contributed by atoms with Gasteiger partial charge in [-0.3, -0.25) is 9.59 Å². The molecule has 0 amide bonds. The van der Waals surface area contributed by atoms with E-state index >= 15 is 0 Å². The molecule has 0 unspecified atom stereocenters. The summed E-state index contributed by atoms with van der Waals surface area (Å²) < 4.78 is 0. The van der Waals surface area contributed by atoms with Crippen molar-refractivity contribution in [2.75, 3.05) is 0 Å². The van der Waals surface area contributed by atoms with Crippen molar-refractivity contribution in [3.05, 3.63) is 70.8 Å². The minimum Gasteiger partial charge on any atom is -0.380 e. The minimum atomic E-state index is -1.39. The third kappa shape index (κ3) is 3.80. The van der Waals surface area contributed by atoms with Gasteiger partial charge in [-0.2, -0.15) is 0 Å². The summed E-state index contributed by atoms with van der Waals surface area (Å²) in [5, 5.41) is 11.6. The van der Waals surface area contributed by atoms with Crippen LogP contribution in [0.5, 0.6) is 0 Å². The Labute approximate surface area is 143 Å². The standard InChI is InChI=1S/C21H24O3/c1-14-7-5-9-18(11-14)21(24,13-20(16(3)22)17(4)23)19-10-6-8-15(2)12-19/h5-12,20,24H,13H2,1-4H3. The lowest BCUT2D eigenvalue weighted by Gasteiger charge is -2.32. The van der Waals surface area contributed by atoms with Crippen LogP contribution in [0.15, 0.2) is 48.5 Å². The Morgan fingerprint density at radius 1 is 0.917 bits per heavy atom. The van der Waals surface area contributed by atoms with Crippen molar-refractivity contribution in [1.82, 2.24) is 0 Å². The number of rotatable bonds is 6. The van der Waals surface area contributed by atoms with E-state index in [1.165, 1.54) is 13.8 Å². The second kappa shape index (κ2) is 7.10. The average Bonchev–Trinajstić information content (AvgIpc) is 2.51. The Morgan fingerprint density at radius 2 is 1.33 bits per heavy atom. The van der Waals surface area contributed by atoms with Crippen LogP contribution in [0, 0.1) is 19.8 Å². The molecular formula is C21H24O3. The Morgan fingerprint density at radius 3 is 1.67 bits per heavy atom. The lowest BCUT2D eigenvalue weighted by atomic mass is 9.76. The zero-order valence-electron chi connectivity index (χ0n) is 14.7. The van der Waals surface area contributed by atoms with Crippen LogP contribution in [-0.4, -0.2) is 16.7 Å². The molecule has 3 nitrogen and oxygen atoms in total. The van der Waals surface area contributed by atoms with Gasteiger partial charge in [-0.05, 0) is 38.8 Å². The molecule has 0 saturated heterocycles. The quantitative estimate of drug-likeness (QED) is 0.824. The van der Waals surface area contributed by atoms with E-state index in [2.05, 4.69) is 0 Å². The molecule has 0 spiro atoms. The van der Waals surface area contributed by atoms with Gasteiger partial charge in [-0.15, -0.1) is 0 Å². The molecule has 1 N–H and O–H groups in total. The molecule has 0 saturated carbocycles. The molecule has 24 heavy (non-hydrogen) atoms. The SMILES string of the molecule is CC(=O)C(CC(O)(c1cccc(C)c1)c1cccc(C)c1)C(C)=O. The maximum Gasteiger partial charge on any atom is 0.140 e. The number of aliphatic hydroxyl groups is 1. The third-order valence-corrected chi connectivity index (χ3v) is 4.47. The fourth-order valence-electron chi connectivity index (χ4n) is 3.08. The number of carbonyl (C=O) groups excluding carboxylic acids is 2. The summed E-state index contributed by atoms with van der Waals surface area (Å²) in [7, 11) is 0. The fourth-order valence-corrected chi connectivity index (χ4v) is 3.08. The zero-order chi connectivity index (χ0) is 17.9. The number of ketones is 2. The first-order valence-corrected chi connectivity index (χ1v) is 8.11. The molecule has 2 rings (SSSR count). The summed E-state index contributed by atoms with van der Waals surface area (Å²) in [5.74, 6) is -1.27. The van der Waals surface area contributed by atoms with Gasteiger partial charge >= 0.3 is 0 Å². The minimum absolute atomic E-state index is 0.0462. The van der Waals surface area contributed by atoms with Gasteiger partial charge in [0, 0.05) is 6.42 Å². The smallest absolute Gasteiger partial charge is 0.140 e. The Hall–Kier alpha value is -2.26. The van der Waals surface area contributed by atoms with Gasteiger partial charge in [0.15, 0.2) is 0 Å². The summed E-state index contributed by atoms with van der Waals surface area (Å²) in [5.41, 5.74) is 2.03. The lowest BCUT2D eigenvalue weighted by Crippen LogP contribution is -2.35. The van der Waals surface area contributed by atoms with E-state index < -0.39 is 11.5 Å². The van der Waals surface area contributed by atoms with Crippen molar-refractivity contribution in [3.8, 4) is 0 Å². The Bertz CT molecular complexity index is 702. The predicted molar refractivity (Wildman–Crippen MR) is 94.8 cm³/mol. The van der Waals surface area contributed by atoms with E-state index in [9.17, 15) is 14.7 Å². The van der Waals surface area contributed by atoms with Gasteiger partial charge in [-0.1, -0.05) is 59.7 Å². The highest BCUT2D eigenvalue weighted by Gasteiger charge is 2.37. The zero-order valence-corrected chi connectivity index (χ0v) is 14.7. The summed E-state index contributed by atoms with van der Waals surface area (Å²) in [4.78, 5) is 23.9. The van der Waals surface area contributed by atoms with Crippen molar-refractivity contribution in [1.29, 1.82) is 0 Å². The number of hydrogen-bond acceptors (Lipinski definition) is 3. The third-order valence-electron chi connectivity index (χ3n) is 4.47. The van der Waals surface area contributed by atoms with Crippen LogP contribution in [0.25, 0.3) is 0 Å². The lowest BCUT2D eigenvalue weighted by molar-refractivity contribution is -0.132. The molecule has 0 heterocycles. The maximum atomic E-state index is 11.9. The second-order valence-corrected chi connectivity index (χ2v) is 6.58. The molecule has 0 radical (unpaired) electrons. The first-order chi connectivity index (χ1) is 11.2. The monoisotopic (exact) mass is 324 g/mol.